The molecule has 0 radical (unpaired) electrons. The molecule has 2 heterocycles. The van der Waals surface area contributed by atoms with Gasteiger partial charge in [-0.3, -0.25) is 0 Å². The second-order valence-corrected chi connectivity index (χ2v) is 9.43. The summed E-state index contributed by atoms with van der Waals surface area (Å²) in [6.07, 6.45) is 1.68. The number of fused-ring (bicyclic) bond motifs is 1. The lowest BCUT2D eigenvalue weighted by molar-refractivity contribution is 0.590. The fourth-order valence-electron chi connectivity index (χ4n) is 3.04. The Morgan fingerprint density at radius 1 is 0.926 bits per heavy atom. The summed E-state index contributed by atoms with van der Waals surface area (Å²) in [5, 5.41) is 4.42. The Hall–Kier alpha value is -2.17. The van der Waals surface area contributed by atoms with Crippen LogP contribution < -0.4 is 0 Å². The second kappa shape index (κ2) is 7.45. The summed E-state index contributed by atoms with van der Waals surface area (Å²) in [4.78, 5) is 10.1. The number of nitrogens with zero attached hydrogens (tertiary/aromatic N) is 2. The molecule has 0 aliphatic carbocycles. The van der Waals surface area contributed by atoms with Crippen molar-refractivity contribution in [1.82, 2.24) is 9.97 Å². The molecule has 2 nitrogen and oxygen atoms in total. The quantitative estimate of drug-likeness (QED) is 0.278. The summed E-state index contributed by atoms with van der Waals surface area (Å²) < 4.78 is 0. The maximum absolute atomic E-state index is 4.60. The van der Waals surface area contributed by atoms with Crippen LogP contribution in [0.25, 0.3) is 21.3 Å². The molecule has 2 aromatic carbocycles. The molecule has 0 atom stereocenters. The molecule has 0 aliphatic rings. The molecule has 0 saturated heterocycles. The molecule has 2 aromatic heterocycles. The number of benzene rings is 2. The summed E-state index contributed by atoms with van der Waals surface area (Å²) >= 11 is 3.47. The van der Waals surface area contributed by atoms with E-state index in [2.05, 4.69) is 84.7 Å². The molecule has 0 N–H and O–H groups in total. The van der Waals surface area contributed by atoms with E-state index in [0.29, 0.717) is 0 Å². The number of thiophene rings is 1. The molecule has 0 spiro atoms. The van der Waals surface area contributed by atoms with Gasteiger partial charge in [-0.25, -0.2) is 9.97 Å². The third kappa shape index (κ3) is 3.92. The highest BCUT2D eigenvalue weighted by atomic mass is 32.2. The molecule has 0 bridgehead atoms. The summed E-state index contributed by atoms with van der Waals surface area (Å²) in [5.74, 6) is 0.903. The van der Waals surface area contributed by atoms with Crippen molar-refractivity contribution >= 4 is 33.3 Å². The molecule has 4 aromatic rings. The van der Waals surface area contributed by atoms with E-state index in [9.17, 15) is 0 Å². The molecule has 0 aliphatic heterocycles. The molecule has 4 rings (SSSR count). The average Bonchev–Trinajstić information content (AvgIpc) is 3.11. The molecule has 0 amide bonds. The molecule has 27 heavy (non-hydrogen) atoms. The molecule has 0 unspecified atom stereocenters. The molecule has 136 valence electrons. The normalized spacial score (nSPS) is 11.8. The zero-order valence-corrected chi connectivity index (χ0v) is 17.4. The zero-order chi connectivity index (χ0) is 18.9. The maximum Gasteiger partial charge on any atom is 0.128 e. The lowest BCUT2D eigenvalue weighted by Gasteiger charge is -2.19. The molecule has 0 fully saturated rings. The van der Waals surface area contributed by atoms with E-state index in [4.69, 9.17) is 0 Å². The van der Waals surface area contributed by atoms with Gasteiger partial charge in [0, 0.05) is 16.7 Å². The van der Waals surface area contributed by atoms with E-state index in [-0.39, 0.29) is 5.41 Å². The molecule has 0 saturated carbocycles. The van der Waals surface area contributed by atoms with Crippen molar-refractivity contribution in [3.05, 3.63) is 77.4 Å². The van der Waals surface area contributed by atoms with Crippen molar-refractivity contribution in [1.29, 1.82) is 0 Å². The summed E-state index contributed by atoms with van der Waals surface area (Å²) in [5.41, 5.74) is 5.31. The van der Waals surface area contributed by atoms with Crippen LogP contribution in [0.3, 0.4) is 0 Å². The first-order valence-corrected chi connectivity index (χ1v) is 10.9. The summed E-state index contributed by atoms with van der Waals surface area (Å²) in [7, 11) is 0. The Bertz CT molecular complexity index is 1050. The first-order valence-electron chi connectivity index (χ1n) is 9.02. The van der Waals surface area contributed by atoms with Crippen molar-refractivity contribution in [3.8, 4) is 11.1 Å². The van der Waals surface area contributed by atoms with E-state index in [0.717, 1.165) is 15.6 Å². The van der Waals surface area contributed by atoms with Gasteiger partial charge in [-0.1, -0.05) is 75.4 Å². The van der Waals surface area contributed by atoms with E-state index in [1.807, 2.05) is 6.07 Å². The van der Waals surface area contributed by atoms with Gasteiger partial charge in [0.05, 0.1) is 5.39 Å². The van der Waals surface area contributed by atoms with Crippen molar-refractivity contribution in [2.24, 2.45) is 0 Å². The SMILES string of the molecule is CC(C)(C)c1ccc(CSc2ncnc3scc(-c4ccccc4)c23)cc1. The topological polar surface area (TPSA) is 25.8 Å². The predicted molar refractivity (Wildman–Crippen MR) is 118 cm³/mol. The van der Waals surface area contributed by atoms with Crippen molar-refractivity contribution < 1.29 is 0 Å². The van der Waals surface area contributed by atoms with Crippen LogP contribution in [-0.4, -0.2) is 9.97 Å². The number of hydrogen-bond donors (Lipinski definition) is 0. The Balaban J connectivity index is 1.62. The van der Waals surface area contributed by atoms with Gasteiger partial charge < -0.3 is 0 Å². The van der Waals surface area contributed by atoms with Crippen LogP contribution in [0.15, 0.2) is 71.3 Å². The number of hydrogen-bond acceptors (Lipinski definition) is 4. The van der Waals surface area contributed by atoms with Crippen LogP contribution in [0, 0.1) is 0 Å². The van der Waals surface area contributed by atoms with E-state index >= 15 is 0 Å². The number of thioether (sulfide) groups is 1. The van der Waals surface area contributed by atoms with E-state index < -0.39 is 0 Å². The van der Waals surface area contributed by atoms with Crippen molar-refractivity contribution in [3.63, 3.8) is 0 Å². The van der Waals surface area contributed by atoms with Crippen LogP contribution in [0.1, 0.15) is 31.9 Å². The Kier molecular flexibility index (Phi) is 5.02. The standard InChI is InChI=1S/C23H22N2S2/c1-23(2,3)18-11-9-16(10-12-18)13-26-21-20-19(17-7-5-4-6-8-17)14-27-22(20)25-15-24-21/h4-12,14-15H,13H2,1-3H3. The van der Waals surface area contributed by atoms with Crippen LogP contribution in [0.5, 0.6) is 0 Å². The Morgan fingerprint density at radius 3 is 2.37 bits per heavy atom. The van der Waals surface area contributed by atoms with Crippen LogP contribution in [0.4, 0.5) is 0 Å². The van der Waals surface area contributed by atoms with Gasteiger partial charge >= 0.3 is 0 Å². The van der Waals surface area contributed by atoms with Crippen LogP contribution in [-0.2, 0) is 11.2 Å². The zero-order valence-electron chi connectivity index (χ0n) is 15.8. The smallest absolute Gasteiger partial charge is 0.128 e. The fraction of sp³-hybridized carbons (Fsp3) is 0.217. The average molecular weight is 391 g/mol. The second-order valence-electron chi connectivity index (χ2n) is 7.61. The minimum atomic E-state index is 0.186. The molecule has 4 heteroatoms. The monoisotopic (exact) mass is 390 g/mol. The number of aromatic nitrogens is 2. The Labute approximate surface area is 168 Å². The maximum atomic E-state index is 4.60. The van der Waals surface area contributed by atoms with Gasteiger partial charge in [0.1, 0.15) is 16.2 Å². The van der Waals surface area contributed by atoms with Crippen LogP contribution >= 0.6 is 23.1 Å². The highest BCUT2D eigenvalue weighted by molar-refractivity contribution is 7.98. The number of rotatable bonds is 4. The highest BCUT2D eigenvalue weighted by Gasteiger charge is 2.15. The van der Waals surface area contributed by atoms with Gasteiger partial charge in [0.25, 0.3) is 0 Å². The Morgan fingerprint density at radius 2 is 1.67 bits per heavy atom. The van der Waals surface area contributed by atoms with Gasteiger partial charge in [0.2, 0.25) is 0 Å². The summed E-state index contributed by atoms with van der Waals surface area (Å²) in [6.45, 7) is 6.74. The molecular weight excluding hydrogens is 368 g/mol. The first-order chi connectivity index (χ1) is 13.0. The molecular formula is C23H22N2S2. The van der Waals surface area contributed by atoms with Gasteiger partial charge in [0.15, 0.2) is 0 Å². The predicted octanol–water partition coefficient (Wildman–Crippen LogP) is 6.95. The lowest BCUT2D eigenvalue weighted by atomic mass is 9.87. The first kappa shape index (κ1) is 18.2. The third-order valence-electron chi connectivity index (χ3n) is 4.62. The lowest BCUT2D eigenvalue weighted by Crippen LogP contribution is -2.10. The van der Waals surface area contributed by atoms with Crippen molar-refractivity contribution in [2.45, 2.75) is 37.0 Å². The summed E-state index contributed by atoms with van der Waals surface area (Å²) in [6, 6.07) is 19.4. The fourth-order valence-corrected chi connectivity index (χ4v) is 4.99. The van der Waals surface area contributed by atoms with Gasteiger partial charge in [-0.15, -0.1) is 23.1 Å². The van der Waals surface area contributed by atoms with Crippen LogP contribution in [0.2, 0.25) is 0 Å². The van der Waals surface area contributed by atoms with Crippen molar-refractivity contribution in [2.75, 3.05) is 0 Å². The van der Waals surface area contributed by atoms with E-state index in [1.165, 1.54) is 27.6 Å². The minimum Gasteiger partial charge on any atom is -0.229 e. The highest BCUT2D eigenvalue weighted by Crippen LogP contribution is 2.38. The van der Waals surface area contributed by atoms with Gasteiger partial charge in [-0.05, 0) is 22.1 Å². The minimum absolute atomic E-state index is 0.186. The van der Waals surface area contributed by atoms with E-state index in [1.54, 1.807) is 29.4 Å². The van der Waals surface area contributed by atoms with Gasteiger partial charge in [-0.2, -0.15) is 0 Å². The largest absolute Gasteiger partial charge is 0.229 e. The third-order valence-corrected chi connectivity index (χ3v) is 6.56.